The first-order chi connectivity index (χ1) is 9.58. The molecule has 8 nitrogen and oxygen atoms in total. The Morgan fingerprint density at radius 1 is 1.50 bits per heavy atom. The van der Waals surface area contributed by atoms with Crippen LogP contribution in [0, 0.1) is 10.1 Å². The molecule has 2 aromatic rings. The molecule has 0 spiro atoms. The fraction of sp³-hybridized carbons (Fsp3) is 0.167. The molecule has 3 N–H and O–H groups in total. The molecule has 0 unspecified atom stereocenters. The third-order valence-electron chi connectivity index (χ3n) is 2.65. The van der Waals surface area contributed by atoms with E-state index in [0.717, 1.165) is 0 Å². The van der Waals surface area contributed by atoms with Crippen LogP contribution in [-0.2, 0) is 6.54 Å². The van der Waals surface area contributed by atoms with Gasteiger partial charge in [0.1, 0.15) is 5.56 Å². The van der Waals surface area contributed by atoms with Crippen molar-refractivity contribution >= 4 is 17.3 Å². The number of nitro groups is 1. The van der Waals surface area contributed by atoms with Crippen molar-refractivity contribution in [1.82, 2.24) is 15.1 Å². The number of carbonyl (C=O) groups is 1. The van der Waals surface area contributed by atoms with Crippen LogP contribution in [0.3, 0.4) is 0 Å². The third kappa shape index (κ3) is 3.10. The van der Waals surface area contributed by atoms with E-state index in [4.69, 9.17) is 5.73 Å². The van der Waals surface area contributed by atoms with Gasteiger partial charge in [-0.25, -0.2) is 0 Å². The Bertz CT molecular complexity index is 624. The van der Waals surface area contributed by atoms with Gasteiger partial charge in [0.25, 0.3) is 11.6 Å². The summed E-state index contributed by atoms with van der Waals surface area (Å²) >= 11 is 0. The molecule has 0 saturated heterocycles. The summed E-state index contributed by atoms with van der Waals surface area (Å²) in [6, 6.07) is 5.67. The number of hydrogen-bond donors (Lipinski definition) is 2. The second-order valence-corrected chi connectivity index (χ2v) is 4.06. The van der Waals surface area contributed by atoms with Crippen LogP contribution < -0.4 is 11.1 Å². The van der Waals surface area contributed by atoms with Crippen molar-refractivity contribution in [2.75, 3.05) is 12.3 Å². The highest BCUT2D eigenvalue weighted by Gasteiger charge is 2.19. The van der Waals surface area contributed by atoms with Crippen molar-refractivity contribution in [3.8, 4) is 0 Å². The number of nitrogens with zero attached hydrogens (tertiary/aromatic N) is 3. The molecule has 0 radical (unpaired) electrons. The Labute approximate surface area is 114 Å². The van der Waals surface area contributed by atoms with Crippen LogP contribution in [0.2, 0.25) is 0 Å². The van der Waals surface area contributed by atoms with Gasteiger partial charge in [0.05, 0.1) is 11.5 Å². The predicted octanol–water partition coefficient (Wildman–Crippen LogP) is 0.803. The maximum absolute atomic E-state index is 11.9. The fourth-order valence-corrected chi connectivity index (χ4v) is 1.71. The molecule has 104 valence electrons. The first-order valence-electron chi connectivity index (χ1n) is 5.87. The van der Waals surface area contributed by atoms with E-state index in [9.17, 15) is 14.9 Å². The van der Waals surface area contributed by atoms with Gasteiger partial charge in [0.2, 0.25) is 0 Å². The van der Waals surface area contributed by atoms with Gasteiger partial charge in [-0.15, -0.1) is 0 Å². The van der Waals surface area contributed by atoms with Gasteiger partial charge in [-0.1, -0.05) is 0 Å². The molecule has 0 saturated carbocycles. The van der Waals surface area contributed by atoms with Crippen LogP contribution in [0.25, 0.3) is 0 Å². The topological polar surface area (TPSA) is 116 Å². The van der Waals surface area contributed by atoms with Crippen LogP contribution in [0.1, 0.15) is 10.4 Å². The van der Waals surface area contributed by atoms with Crippen LogP contribution >= 0.6 is 0 Å². The van der Waals surface area contributed by atoms with Crippen LogP contribution in [0.5, 0.6) is 0 Å². The molecule has 0 bridgehead atoms. The van der Waals surface area contributed by atoms with Crippen molar-refractivity contribution in [3.63, 3.8) is 0 Å². The molecule has 1 aromatic heterocycles. The Morgan fingerprint density at radius 2 is 2.30 bits per heavy atom. The number of carbonyl (C=O) groups excluding carboxylic acids is 1. The van der Waals surface area contributed by atoms with E-state index in [-0.39, 0.29) is 11.3 Å². The second-order valence-electron chi connectivity index (χ2n) is 4.06. The molecule has 1 heterocycles. The van der Waals surface area contributed by atoms with E-state index in [0.29, 0.717) is 18.8 Å². The van der Waals surface area contributed by atoms with Gasteiger partial charge in [-0.3, -0.25) is 19.6 Å². The number of nitrogens with two attached hydrogens (primary N) is 1. The number of aromatic nitrogens is 2. The summed E-state index contributed by atoms with van der Waals surface area (Å²) in [7, 11) is 0. The number of nitro benzene ring substituents is 1. The van der Waals surface area contributed by atoms with Gasteiger partial charge in [0, 0.05) is 30.7 Å². The zero-order valence-corrected chi connectivity index (χ0v) is 10.5. The van der Waals surface area contributed by atoms with Gasteiger partial charge >= 0.3 is 0 Å². The number of hydrogen-bond acceptors (Lipinski definition) is 5. The molecule has 0 aliphatic heterocycles. The Morgan fingerprint density at radius 3 is 2.95 bits per heavy atom. The lowest BCUT2D eigenvalue weighted by atomic mass is 10.1. The number of rotatable bonds is 5. The van der Waals surface area contributed by atoms with Crippen molar-refractivity contribution < 1.29 is 9.72 Å². The average Bonchev–Trinajstić information content (AvgIpc) is 2.91. The average molecular weight is 275 g/mol. The lowest BCUT2D eigenvalue weighted by Gasteiger charge is -2.06. The zero-order chi connectivity index (χ0) is 14.5. The highest BCUT2D eigenvalue weighted by atomic mass is 16.6. The van der Waals surface area contributed by atoms with E-state index in [2.05, 4.69) is 10.4 Å². The number of benzene rings is 1. The smallest absolute Gasteiger partial charge is 0.282 e. The summed E-state index contributed by atoms with van der Waals surface area (Å²) in [6.45, 7) is 0.793. The summed E-state index contributed by atoms with van der Waals surface area (Å²) in [4.78, 5) is 22.2. The molecule has 20 heavy (non-hydrogen) atoms. The van der Waals surface area contributed by atoms with E-state index < -0.39 is 10.8 Å². The number of nitrogen functional groups attached to an aromatic ring is 1. The molecule has 0 aliphatic carbocycles. The van der Waals surface area contributed by atoms with Crippen LogP contribution in [-0.4, -0.2) is 27.2 Å². The summed E-state index contributed by atoms with van der Waals surface area (Å²) < 4.78 is 1.65. The first kappa shape index (κ1) is 13.5. The summed E-state index contributed by atoms with van der Waals surface area (Å²) in [5, 5.41) is 17.5. The quantitative estimate of drug-likeness (QED) is 0.475. The molecule has 8 heteroatoms. The minimum Gasteiger partial charge on any atom is -0.399 e. The molecule has 1 aromatic carbocycles. The number of nitrogens with one attached hydrogen (secondary N) is 1. The Kier molecular flexibility index (Phi) is 3.94. The van der Waals surface area contributed by atoms with E-state index in [1.165, 1.54) is 18.2 Å². The highest BCUT2D eigenvalue weighted by Crippen LogP contribution is 2.20. The van der Waals surface area contributed by atoms with Crippen molar-refractivity contribution in [1.29, 1.82) is 0 Å². The second kappa shape index (κ2) is 5.83. The normalized spacial score (nSPS) is 10.2. The van der Waals surface area contributed by atoms with Gasteiger partial charge in [-0.05, 0) is 18.2 Å². The van der Waals surface area contributed by atoms with Gasteiger partial charge in [-0.2, -0.15) is 5.10 Å². The van der Waals surface area contributed by atoms with E-state index >= 15 is 0 Å². The minimum atomic E-state index is -0.609. The van der Waals surface area contributed by atoms with Crippen molar-refractivity contribution in [3.05, 3.63) is 52.3 Å². The van der Waals surface area contributed by atoms with Gasteiger partial charge < -0.3 is 11.1 Å². The third-order valence-corrected chi connectivity index (χ3v) is 2.65. The largest absolute Gasteiger partial charge is 0.399 e. The first-order valence-corrected chi connectivity index (χ1v) is 5.87. The summed E-state index contributed by atoms with van der Waals surface area (Å²) in [5.74, 6) is -0.531. The van der Waals surface area contributed by atoms with Crippen molar-refractivity contribution in [2.24, 2.45) is 0 Å². The lowest BCUT2D eigenvalue weighted by molar-refractivity contribution is -0.385. The SMILES string of the molecule is Nc1ccc([N+](=O)[O-])c(C(=O)NCCn2cccn2)c1. The molecule has 2 rings (SSSR count). The highest BCUT2D eigenvalue weighted by molar-refractivity contribution is 5.99. The van der Waals surface area contributed by atoms with Gasteiger partial charge in [0.15, 0.2) is 0 Å². The lowest BCUT2D eigenvalue weighted by Crippen LogP contribution is -2.28. The molecule has 0 atom stereocenters. The predicted molar refractivity (Wildman–Crippen MR) is 72.1 cm³/mol. The standard InChI is InChI=1S/C12H13N5O3/c13-9-2-3-11(17(19)20)10(8-9)12(18)14-5-7-16-6-1-4-15-16/h1-4,6,8H,5,7,13H2,(H,14,18). The fourth-order valence-electron chi connectivity index (χ4n) is 1.71. The molecule has 0 aliphatic rings. The monoisotopic (exact) mass is 275 g/mol. The van der Waals surface area contributed by atoms with Crippen LogP contribution in [0.15, 0.2) is 36.7 Å². The minimum absolute atomic E-state index is 0.0459. The molecular formula is C12H13N5O3. The van der Waals surface area contributed by atoms with Crippen LogP contribution in [0.4, 0.5) is 11.4 Å². The number of amides is 1. The Hall–Kier alpha value is -2.90. The maximum Gasteiger partial charge on any atom is 0.282 e. The zero-order valence-electron chi connectivity index (χ0n) is 10.5. The van der Waals surface area contributed by atoms with Crippen molar-refractivity contribution in [2.45, 2.75) is 6.54 Å². The molecule has 0 fully saturated rings. The number of anilines is 1. The molecular weight excluding hydrogens is 262 g/mol. The molecule has 1 amide bonds. The van der Waals surface area contributed by atoms with E-state index in [1.54, 1.807) is 23.1 Å². The maximum atomic E-state index is 11.9. The Balaban J connectivity index is 2.05. The summed E-state index contributed by atoms with van der Waals surface area (Å²) in [6.07, 6.45) is 3.39. The summed E-state index contributed by atoms with van der Waals surface area (Å²) in [5.41, 5.74) is 5.54. The van der Waals surface area contributed by atoms with E-state index in [1.807, 2.05) is 0 Å².